The molecule has 0 bridgehead atoms. The Labute approximate surface area is 76.1 Å². The summed E-state index contributed by atoms with van der Waals surface area (Å²) in [7, 11) is 0. The average Bonchev–Trinajstić information content (AvgIpc) is 2.09. The number of rotatable bonds is 1. The first kappa shape index (κ1) is 8.76. The van der Waals surface area contributed by atoms with E-state index < -0.39 is 0 Å². The van der Waals surface area contributed by atoms with E-state index in [-0.39, 0.29) is 5.15 Å². The van der Waals surface area contributed by atoms with E-state index in [2.05, 4.69) is 4.98 Å². The normalized spacial score (nSPS) is 10.1. The number of halogens is 1. The standard InChI is InChI=1S/C9H7ClN2/c1-2-3-7-4-8(5-11)9(10)12-6-7/h2-4,6H,1H3. The summed E-state index contributed by atoms with van der Waals surface area (Å²) in [6, 6.07) is 3.67. The van der Waals surface area contributed by atoms with Gasteiger partial charge in [-0.25, -0.2) is 4.98 Å². The summed E-state index contributed by atoms with van der Waals surface area (Å²) in [6.45, 7) is 1.90. The van der Waals surface area contributed by atoms with Gasteiger partial charge in [0.25, 0.3) is 0 Å². The minimum atomic E-state index is 0.255. The lowest BCUT2D eigenvalue weighted by Crippen LogP contribution is -1.83. The lowest BCUT2D eigenvalue weighted by molar-refractivity contribution is 1.29. The van der Waals surface area contributed by atoms with Crippen LogP contribution in [0.2, 0.25) is 5.15 Å². The van der Waals surface area contributed by atoms with E-state index in [1.165, 1.54) is 0 Å². The van der Waals surface area contributed by atoms with Crippen molar-refractivity contribution in [3.63, 3.8) is 0 Å². The highest BCUT2D eigenvalue weighted by Gasteiger charge is 1.99. The summed E-state index contributed by atoms with van der Waals surface area (Å²) in [5.74, 6) is 0. The van der Waals surface area contributed by atoms with Crippen molar-refractivity contribution in [1.29, 1.82) is 5.26 Å². The van der Waals surface area contributed by atoms with Gasteiger partial charge in [0.15, 0.2) is 0 Å². The molecule has 1 aromatic rings. The van der Waals surface area contributed by atoms with Crippen molar-refractivity contribution in [1.82, 2.24) is 4.98 Å². The molecule has 0 aliphatic carbocycles. The first-order valence-electron chi connectivity index (χ1n) is 3.46. The van der Waals surface area contributed by atoms with E-state index in [9.17, 15) is 0 Å². The van der Waals surface area contributed by atoms with Crippen LogP contribution in [0.3, 0.4) is 0 Å². The predicted molar refractivity (Wildman–Crippen MR) is 48.7 cm³/mol. The lowest BCUT2D eigenvalue weighted by atomic mass is 10.2. The Kier molecular flexibility index (Phi) is 2.84. The van der Waals surface area contributed by atoms with Crippen LogP contribution in [-0.4, -0.2) is 4.98 Å². The molecule has 0 N–H and O–H groups in total. The van der Waals surface area contributed by atoms with Crippen molar-refractivity contribution >= 4 is 17.7 Å². The Balaban J connectivity index is 3.16. The van der Waals surface area contributed by atoms with Gasteiger partial charge in [0.2, 0.25) is 0 Å². The number of pyridine rings is 1. The second-order valence-corrected chi connectivity index (χ2v) is 2.58. The van der Waals surface area contributed by atoms with E-state index in [1.807, 2.05) is 25.1 Å². The average molecular weight is 179 g/mol. The minimum Gasteiger partial charge on any atom is -0.243 e. The molecule has 1 heterocycles. The fourth-order valence-electron chi connectivity index (χ4n) is 0.826. The highest BCUT2D eigenvalue weighted by molar-refractivity contribution is 6.30. The topological polar surface area (TPSA) is 36.7 Å². The summed E-state index contributed by atoms with van der Waals surface area (Å²) >= 11 is 5.64. The Morgan fingerprint density at radius 1 is 1.67 bits per heavy atom. The predicted octanol–water partition coefficient (Wildman–Crippen LogP) is 2.64. The van der Waals surface area contributed by atoms with Gasteiger partial charge in [-0.15, -0.1) is 0 Å². The minimum absolute atomic E-state index is 0.255. The second-order valence-electron chi connectivity index (χ2n) is 2.22. The molecule has 1 aromatic heterocycles. The molecule has 0 spiro atoms. The molecule has 0 aromatic carbocycles. The maximum atomic E-state index is 8.61. The van der Waals surface area contributed by atoms with Crippen molar-refractivity contribution in [2.24, 2.45) is 0 Å². The monoisotopic (exact) mass is 178 g/mol. The highest BCUT2D eigenvalue weighted by atomic mass is 35.5. The van der Waals surface area contributed by atoms with E-state index in [0.717, 1.165) is 5.56 Å². The molecule has 0 aliphatic heterocycles. The first-order chi connectivity index (χ1) is 5.77. The van der Waals surface area contributed by atoms with Crippen molar-refractivity contribution in [2.75, 3.05) is 0 Å². The summed E-state index contributed by atoms with van der Waals surface area (Å²) < 4.78 is 0. The first-order valence-corrected chi connectivity index (χ1v) is 3.84. The molecule has 0 saturated carbocycles. The molecule has 0 atom stereocenters. The van der Waals surface area contributed by atoms with Gasteiger partial charge < -0.3 is 0 Å². The smallest absolute Gasteiger partial charge is 0.146 e. The molecule has 60 valence electrons. The third-order valence-corrected chi connectivity index (χ3v) is 1.64. The van der Waals surface area contributed by atoms with Gasteiger partial charge in [0.1, 0.15) is 11.2 Å². The maximum absolute atomic E-state index is 8.61. The summed E-state index contributed by atoms with van der Waals surface area (Å²) in [5, 5.41) is 8.87. The number of nitriles is 1. The SMILES string of the molecule is CC=Cc1cnc(Cl)c(C#N)c1. The van der Waals surface area contributed by atoms with Crippen molar-refractivity contribution in [3.05, 3.63) is 34.6 Å². The summed E-state index contributed by atoms with van der Waals surface area (Å²) in [6.07, 6.45) is 5.37. The molecule has 0 amide bonds. The Morgan fingerprint density at radius 2 is 2.42 bits per heavy atom. The van der Waals surface area contributed by atoms with Gasteiger partial charge in [0.05, 0.1) is 5.56 Å². The zero-order valence-corrected chi connectivity index (χ0v) is 7.34. The highest BCUT2D eigenvalue weighted by Crippen LogP contribution is 2.13. The maximum Gasteiger partial charge on any atom is 0.146 e. The number of hydrogen-bond donors (Lipinski definition) is 0. The molecule has 12 heavy (non-hydrogen) atoms. The van der Waals surface area contributed by atoms with Crippen LogP contribution in [0.4, 0.5) is 0 Å². The molecule has 0 fully saturated rings. The molecular weight excluding hydrogens is 172 g/mol. The molecule has 0 saturated heterocycles. The van der Waals surface area contributed by atoms with Crippen molar-refractivity contribution < 1.29 is 0 Å². The largest absolute Gasteiger partial charge is 0.243 e. The van der Waals surface area contributed by atoms with Gasteiger partial charge in [-0.05, 0) is 18.6 Å². The van der Waals surface area contributed by atoms with Gasteiger partial charge in [-0.1, -0.05) is 23.8 Å². The molecule has 0 aliphatic rings. The fourth-order valence-corrected chi connectivity index (χ4v) is 0.972. The number of aromatic nitrogens is 1. The number of allylic oxidation sites excluding steroid dienone is 1. The molecule has 1 rings (SSSR count). The van der Waals surface area contributed by atoms with Crippen LogP contribution in [-0.2, 0) is 0 Å². The Hall–Kier alpha value is -1.33. The van der Waals surface area contributed by atoms with Crippen molar-refractivity contribution in [3.8, 4) is 6.07 Å². The molecule has 3 heteroatoms. The second kappa shape index (κ2) is 3.89. The molecule has 0 unspecified atom stereocenters. The quantitative estimate of drug-likeness (QED) is 0.620. The third-order valence-electron chi connectivity index (χ3n) is 1.34. The summed E-state index contributed by atoms with van der Waals surface area (Å²) in [5.41, 5.74) is 1.30. The van der Waals surface area contributed by atoms with Crippen LogP contribution in [0.1, 0.15) is 18.1 Å². The number of hydrogen-bond acceptors (Lipinski definition) is 2. The Morgan fingerprint density at radius 3 is 3.00 bits per heavy atom. The van der Waals surface area contributed by atoms with E-state index >= 15 is 0 Å². The van der Waals surface area contributed by atoms with Crippen molar-refractivity contribution in [2.45, 2.75) is 6.92 Å². The van der Waals surface area contributed by atoms with Crippen LogP contribution < -0.4 is 0 Å². The van der Waals surface area contributed by atoms with Gasteiger partial charge in [0, 0.05) is 6.20 Å². The van der Waals surface area contributed by atoms with E-state index in [0.29, 0.717) is 5.56 Å². The zero-order chi connectivity index (χ0) is 8.97. The van der Waals surface area contributed by atoms with Gasteiger partial charge >= 0.3 is 0 Å². The van der Waals surface area contributed by atoms with Gasteiger partial charge in [-0.3, -0.25) is 0 Å². The van der Waals surface area contributed by atoms with Crippen LogP contribution in [0, 0.1) is 11.3 Å². The van der Waals surface area contributed by atoms with E-state index in [1.54, 1.807) is 12.3 Å². The van der Waals surface area contributed by atoms with Crippen LogP contribution in [0.25, 0.3) is 6.08 Å². The third kappa shape index (κ3) is 1.84. The molecule has 2 nitrogen and oxygen atoms in total. The zero-order valence-electron chi connectivity index (χ0n) is 6.58. The van der Waals surface area contributed by atoms with Crippen LogP contribution in [0.15, 0.2) is 18.3 Å². The fraction of sp³-hybridized carbons (Fsp3) is 0.111. The molecular formula is C9H7ClN2. The summed E-state index contributed by atoms with van der Waals surface area (Å²) in [4.78, 5) is 3.86. The van der Waals surface area contributed by atoms with E-state index in [4.69, 9.17) is 16.9 Å². The molecule has 0 radical (unpaired) electrons. The van der Waals surface area contributed by atoms with Gasteiger partial charge in [-0.2, -0.15) is 5.26 Å². The lowest BCUT2D eigenvalue weighted by Gasteiger charge is -1.94. The Bertz CT molecular complexity index is 350. The number of nitrogens with zero attached hydrogens (tertiary/aromatic N) is 2. The van der Waals surface area contributed by atoms with Crippen LogP contribution in [0.5, 0.6) is 0 Å². The van der Waals surface area contributed by atoms with Crippen LogP contribution >= 0.6 is 11.6 Å².